The molecule has 0 fully saturated rings. The van der Waals surface area contributed by atoms with Gasteiger partial charge < -0.3 is 9.47 Å². The van der Waals surface area contributed by atoms with Crippen molar-refractivity contribution in [1.82, 2.24) is 0 Å². The third kappa shape index (κ3) is 1.66. The molecule has 1 aliphatic rings. The summed E-state index contributed by atoms with van der Waals surface area (Å²) in [6, 6.07) is 6.12. The summed E-state index contributed by atoms with van der Waals surface area (Å²) in [6.07, 6.45) is 2.15. The Kier molecular flexibility index (Phi) is 2.55. The predicted octanol–water partition coefficient (Wildman–Crippen LogP) is 2.63. The number of fused-ring (bicyclic) bond motifs is 1. The highest BCUT2D eigenvalue weighted by Gasteiger charge is 2.14. The van der Waals surface area contributed by atoms with Gasteiger partial charge in [-0.3, -0.25) is 0 Å². The molecule has 0 bridgehead atoms. The van der Waals surface area contributed by atoms with Crippen molar-refractivity contribution in [1.29, 1.82) is 0 Å². The first kappa shape index (κ1) is 9.28. The van der Waals surface area contributed by atoms with Crippen LogP contribution in [0, 0.1) is 0 Å². The molecule has 2 rings (SSSR count). The molecule has 0 N–H and O–H groups in total. The fourth-order valence-electron chi connectivity index (χ4n) is 1.76. The quantitative estimate of drug-likeness (QED) is 0.682. The van der Waals surface area contributed by atoms with Gasteiger partial charge in [-0.25, -0.2) is 0 Å². The molecular weight excluding hydrogens is 176 g/mol. The molecule has 0 aromatic heterocycles. The lowest BCUT2D eigenvalue weighted by Crippen LogP contribution is -1.99. The van der Waals surface area contributed by atoms with Gasteiger partial charge >= 0.3 is 0 Å². The Balaban J connectivity index is 2.19. The second kappa shape index (κ2) is 3.84. The lowest BCUT2D eigenvalue weighted by Gasteiger charge is -2.06. The fraction of sp³-hybridized carbons (Fsp3) is 0.333. The third-order valence-corrected chi connectivity index (χ3v) is 2.50. The van der Waals surface area contributed by atoms with Crippen molar-refractivity contribution >= 4 is 5.57 Å². The number of allylic oxidation sites excluding steroid dienone is 1. The summed E-state index contributed by atoms with van der Waals surface area (Å²) in [5.41, 5.74) is 3.86. The lowest BCUT2D eigenvalue weighted by atomic mass is 10.1. The van der Waals surface area contributed by atoms with Crippen LogP contribution in [-0.4, -0.2) is 13.9 Å². The van der Waals surface area contributed by atoms with Crippen LogP contribution in [0.3, 0.4) is 0 Å². The highest BCUT2D eigenvalue weighted by molar-refractivity contribution is 5.71. The molecule has 0 radical (unpaired) electrons. The van der Waals surface area contributed by atoms with Crippen molar-refractivity contribution in [2.24, 2.45) is 0 Å². The molecule has 0 unspecified atom stereocenters. The Bertz CT molecular complexity index is 355. The van der Waals surface area contributed by atoms with E-state index in [2.05, 4.69) is 18.7 Å². The minimum atomic E-state index is 0.305. The molecule has 0 saturated carbocycles. The van der Waals surface area contributed by atoms with E-state index in [4.69, 9.17) is 9.47 Å². The molecule has 0 heterocycles. The van der Waals surface area contributed by atoms with Crippen molar-refractivity contribution in [2.75, 3.05) is 13.9 Å². The second-order valence-electron chi connectivity index (χ2n) is 3.47. The zero-order valence-corrected chi connectivity index (χ0v) is 8.38. The highest BCUT2D eigenvalue weighted by atomic mass is 16.7. The molecule has 0 atom stereocenters. The summed E-state index contributed by atoms with van der Waals surface area (Å²) < 4.78 is 10.2. The minimum absolute atomic E-state index is 0.305. The summed E-state index contributed by atoms with van der Waals surface area (Å²) in [4.78, 5) is 0. The van der Waals surface area contributed by atoms with Crippen LogP contribution in [0.15, 0.2) is 24.8 Å². The molecule has 0 saturated heterocycles. The topological polar surface area (TPSA) is 18.5 Å². The number of benzene rings is 1. The van der Waals surface area contributed by atoms with Gasteiger partial charge in [0.15, 0.2) is 6.79 Å². The maximum Gasteiger partial charge on any atom is 0.188 e. The number of aryl methyl sites for hydroxylation is 1. The van der Waals surface area contributed by atoms with E-state index in [0.29, 0.717) is 6.79 Å². The van der Waals surface area contributed by atoms with Gasteiger partial charge in [-0.2, -0.15) is 0 Å². The first-order chi connectivity index (χ1) is 6.81. The van der Waals surface area contributed by atoms with Crippen molar-refractivity contribution in [2.45, 2.75) is 12.8 Å². The monoisotopic (exact) mass is 190 g/mol. The Labute approximate surface area is 84.2 Å². The summed E-state index contributed by atoms with van der Waals surface area (Å²) in [5, 5.41) is 0. The van der Waals surface area contributed by atoms with Crippen molar-refractivity contribution in [3.05, 3.63) is 35.9 Å². The average Bonchev–Trinajstić information content (AvgIpc) is 2.57. The van der Waals surface area contributed by atoms with Crippen LogP contribution in [0.25, 0.3) is 5.57 Å². The van der Waals surface area contributed by atoms with E-state index in [9.17, 15) is 0 Å². The summed E-state index contributed by atoms with van der Waals surface area (Å²) in [6.45, 7) is 4.33. The van der Waals surface area contributed by atoms with Gasteiger partial charge in [0, 0.05) is 7.11 Å². The molecule has 2 heteroatoms. The van der Waals surface area contributed by atoms with Gasteiger partial charge in [0.05, 0.1) is 0 Å². The molecule has 1 aromatic carbocycles. The van der Waals surface area contributed by atoms with Crippen LogP contribution >= 0.6 is 0 Å². The van der Waals surface area contributed by atoms with Crippen LogP contribution in [0.1, 0.15) is 17.5 Å². The maximum atomic E-state index is 5.36. The first-order valence-corrected chi connectivity index (χ1v) is 4.74. The van der Waals surface area contributed by atoms with Gasteiger partial charge in [0.1, 0.15) is 5.75 Å². The molecule has 0 aliphatic heterocycles. The summed E-state index contributed by atoms with van der Waals surface area (Å²) >= 11 is 0. The van der Waals surface area contributed by atoms with Crippen molar-refractivity contribution < 1.29 is 9.47 Å². The number of ether oxygens (including phenoxy) is 2. The molecule has 1 aliphatic carbocycles. The van der Waals surface area contributed by atoms with Gasteiger partial charge in [0.25, 0.3) is 0 Å². The number of hydrogen-bond acceptors (Lipinski definition) is 2. The van der Waals surface area contributed by atoms with Crippen LogP contribution in [0.5, 0.6) is 5.75 Å². The van der Waals surface area contributed by atoms with E-state index >= 15 is 0 Å². The van der Waals surface area contributed by atoms with Gasteiger partial charge in [0.2, 0.25) is 0 Å². The number of hydrogen-bond donors (Lipinski definition) is 0. The molecule has 1 aromatic rings. The number of methoxy groups -OCH3 is 1. The van der Waals surface area contributed by atoms with Crippen LogP contribution in [0.2, 0.25) is 0 Å². The van der Waals surface area contributed by atoms with Crippen molar-refractivity contribution in [3.63, 3.8) is 0 Å². The Morgan fingerprint density at radius 3 is 3.00 bits per heavy atom. The van der Waals surface area contributed by atoms with Crippen LogP contribution in [0.4, 0.5) is 0 Å². The molecule has 74 valence electrons. The smallest absolute Gasteiger partial charge is 0.188 e. The standard InChI is InChI=1S/C12H14O2/c1-9-3-4-10-7-11(14-8-13-2)5-6-12(9)10/h5-7H,1,3-4,8H2,2H3. The highest BCUT2D eigenvalue weighted by Crippen LogP contribution is 2.32. The molecule has 0 spiro atoms. The van der Waals surface area contributed by atoms with Crippen LogP contribution < -0.4 is 4.74 Å². The van der Waals surface area contributed by atoms with Gasteiger partial charge in [-0.15, -0.1) is 0 Å². The van der Waals surface area contributed by atoms with E-state index in [1.807, 2.05) is 6.07 Å². The molecule has 0 amide bonds. The molecule has 14 heavy (non-hydrogen) atoms. The average molecular weight is 190 g/mol. The maximum absolute atomic E-state index is 5.36. The lowest BCUT2D eigenvalue weighted by molar-refractivity contribution is 0.0511. The molecule has 2 nitrogen and oxygen atoms in total. The zero-order chi connectivity index (χ0) is 9.97. The SMILES string of the molecule is C=C1CCc2cc(OCOC)ccc21. The third-order valence-electron chi connectivity index (χ3n) is 2.50. The molecular formula is C12H14O2. The fourth-order valence-corrected chi connectivity index (χ4v) is 1.76. The second-order valence-corrected chi connectivity index (χ2v) is 3.47. The van der Waals surface area contributed by atoms with E-state index in [1.54, 1.807) is 7.11 Å². The van der Waals surface area contributed by atoms with Gasteiger partial charge in [-0.05, 0) is 41.7 Å². The van der Waals surface area contributed by atoms with Crippen molar-refractivity contribution in [3.8, 4) is 5.75 Å². The Hall–Kier alpha value is -1.28. The predicted molar refractivity (Wildman–Crippen MR) is 56.3 cm³/mol. The zero-order valence-electron chi connectivity index (χ0n) is 8.38. The summed E-state index contributed by atoms with van der Waals surface area (Å²) in [7, 11) is 1.62. The van der Waals surface area contributed by atoms with E-state index in [1.165, 1.54) is 16.7 Å². The Morgan fingerprint density at radius 1 is 1.36 bits per heavy atom. The summed E-state index contributed by atoms with van der Waals surface area (Å²) in [5.74, 6) is 0.875. The van der Waals surface area contributed by atoms with Crippen LogP contribution in [-0.2, 0) is 11.2 Å². The van der Waals surface area contributed by atoms with E-state index < -0.39 is 0 Å². The van der Waals surface area contributed by atoms with E-state index in [-0.39, 0.29) is 0 Å². The first-order valence-electron chi connectivity index (χ1n) is 4.74. The number of rotatable bonds is 3. The van der Waals surface area contributed by atoms with E-state index in [0.717, 1.165) is 18.6 Å². The largest absolute Gasteiger partial charge is 0.468 e. The van der Waals surface area contributed by atoms with Gasteiger partial charge in [-0.1, -0.05) is 12.6 Å². The Morgan fingerprint density at radius 2 is 2.21 bits per heavy atom. The normalized spacial score (nSPS) is 14.2. The minimum Gasteiger partial charge on any atom is -0.468 e.